The van der Waals surface area contributed by atoms with Crippen LogP contribution in [0.25, 0.3) is 0 Å². The van der Waals surface area contributed by atoms with Gasteiger partial charge >= 0.3 is 0 Å². The maximum Gasteiger partial charge on any atom is 0.251 e. The molecule has 1 heterocycles. The van der Waals surface area contributed by atoms with Crippen molar-refractivity contribution in [2.75, 3.05) is 7.11 Å². The topological polar surface area (TPSA) is 92.8 Å². The summed E-state index contributed by atoms with van der Waals surface area (Å²) in [6.07, 6.45) is 4.15. The molecule has 3 unspecified atom stereocenters. The third-order valence-corrected chi connectivity index (χ3v) is 5.92. The van der Waals surface area contributed by atoms with Crippen LogP contribution in [-0.2, 0) is 11.3 Å². The smallest absolute Gasteiger partial charge is 0.251 e. The lowest BCUT2D eigenvalue weighted by Crippen LogP contribution is -2.35. The standard InChI is InChI=1S/C20H23N5O2/c1-12(22-20(26)14-5-3-13(9-21)4-6-14)19-17-7-16(8-18(17)19)25-10-15(11-27-2)23-24-25/h3-6,10,12,16-19H,7-8,11H2,1-2H3,(H,22,26). The van der Waals surface area contributed by atoms with Gasteiger partial charge < -0.3 is 10.1 Å². The minimum absolute atomic E-state index is 0.0750. The predicted octanol–water partition coefficient (Wildman–Crippen LogP) is 2.31. The Hall–Kier alpha value is -2.72. The van der Waals surface area contributed by atoms with Crippen LogP contribution in [0.4, 0.5) is 0 Å². The molecular formula is C20H23N5O2. The van der Waals surface area contributed by atoms with Crippen LogP contribution in [0.15, 0.2) is 30.5 Å². The summed E-state index contributed by atoms with van der Waals surface area (Å²) in [7, 11) is 1.65. The molecule has 2 aromatic rings. The van der Waals surface area contributed by atoms with Gasteiger partial charge in [-0.1, -0.05) is 5.21 Å². The number of nitrogens with zero attached hydrogens (tertiary/aromatic N) is 4. The maximum atomic E-state index is 12.4. The lowest BCUT2D eigenvalue weighted by Gasteiger charge is -2.19. The molecule has 2 aliphatic rings. The van der Waals surface area contributed by atoms with E-state index in [-0.39, 0.29) is 11.9 Å². The van der Waals surface area contributed by atoms with Crippen LogP contribution in [0.2, 0.25) is 0 Å². The van der Waals surface area contributed by atoms with E-state index in [1.54, 1.807) is 31.4 Å². The molecule has 7 heteroatoms. The molecule has 0 aliphatic heterocycles. The molecule has 0 spiro atoms. The quantitative estimate of drug-likeness (QED) is 0.848. The van der Waals surface area contributed by atoms with Crippen molar-refractivity contribution in [1.82, 2.24) is 20.3 Å². The summed E-state index contributed by atoms with van der Waals surface area (Å²) in [4.78, 5) is 12.4. The van der Waals surface area contributed by atoms with E-state index in [1.165, 1.54) is 0 Å². The van der Waals surface area contributed by atoms with Crippen LogP contribution in [0, 0.1) is 29.1 Å². The van der Waals surface area contributed by atoms with Crippen LogP contribution in [0.3, 0.4) is 0 Å². The first-order valence-corrected chi connectivity index (χ1v) is 9.31. The Kier molecular flexibility index (Phi) is 4.66. The monoisotopic (exact) mass is 365 g/mol. The van der Waals surface area contributed by atoms with Gasteiger partial charge in [-0.2, -0.15) is 5.26 Å². The molecule has 0 radical (unpaired) electrons. The summed E-state index contributed by atoms with van der Waals surface area (Å²) in [5.74, 6) is 1.74. The van der Waals surface area contributed by atoms with E-state index in [4.69, 9.17) is 10.00 Å². The van der Waals surface area contributed by atoms with Crippen LogP contribution >= 0.6 is 0 Å². The van der Waals surface area contributed by atoms with Gasteiger partial charge in [-0.15, -0.1) is 5.10 Å². The number of nitriles is 1. The van der Waals surface area contributed by atoms with Crippen molar-refractivity contribution in [2.45, 2.75) is 38.5 Å². The van der Waals surface area contributed by atoms with Gasteiger partial charge in [-0.3, -0.25) is 4.79 Å². The fraction of sp³-hybridized carbons (Fsp3) is 0.500. The van der Waals surface area contributed by atoms with Gasteiger partial charge in [0.2, 0.25) is 0 Å². The van der Waals surface area contributed by atoms with Gasteiger partial charge in [0, 0.05) is 18.7 Å². The zero-order chi connectivity index (χ0) is 19.0. The number of rotatable bonds is 6. The molecule has 1 N–H and O–H groups in total. The fourth-order valence-electron chi connectivity index (χ4n) is 4.61. The molecular weight excluding hydrogens is 342 g/mol. The molecule has 0 saturated heterocycles. The number of amides is 1. The van der Waals surface area contributed by atoms with Crippen molar-refractivity contribution in [1.29, 1.82) is 5.26 Å². The Balaban J connectivity index is 1.30. The summed E-state index contributed by atoms with van der Waals surface area (Å²) in [5, 5.41) is 20.4. The van der Waals surface area contributed by atoms with Crippen molar-refractivity contribution < 1.29 is 9.53 Å². The first-order valence-electron chi connectivity index (χ1n) is 9.31. The summed E-state index contributed by atoms with van der Waals surface area (Å²) >= 11 is 0. The van der Waals surface area contributed by atoms with E-state index in [0.717, 1.165) is 18.5 Å². The predicted molar refractivity (Wildman–Crippen MR) is 97.6 cm³/mol. The molecule has 27 heavy (non-hydrogen) atoms. The van der Waals surface area contributed by atoms with Crippen molar-refractivity contribution in [3.05, 3.63) is 47.3 Å². The highest BCUT2D eigenvalue weighted by atomic mass is 16.5. The number of carbonyl (C=O) groups is 1. The molecule has 1 amide bonds. The van der Waals surface area contributed by atoms with E-state index >= 15 is 0 Å². The number of aromatic nitrogens is 3. The third kappa shape index (κ3) is 3.45. The Morgan fingerprint density at radius 2 is 2.07 bits per heavy atom. The van der Waals surface area contributed by atoms with Crippen molar-refractivity contribution in [2.24, 2.45) is 17.8 Å². The second-order valence-corrected chi connectivity index (χ2v) is 7.60. The largest absolute Gasteiger partial charge is 0.378 e. The zero-order valence-corrected chi connectivity index (χ0v) is 15.5. The van der Waals surface area contributed by atoms with Gasteiger partial charge in [0.1, 0.15) is 5.69 Å². The van der Waals surface area contributed by atoms with Crippen LogP contribution in [0.1, 0.15) is 47.4 Å². The Morgan fingerprint density at radius 3 is 2.70 bits per heavy atom. The number of hydrogen-bond donors (Lipinski definition) is 1. The molecule has 140 valence electrons. The van der Waals surface area contributed by atoms with Crippen LogP contribution < -0.4 is 5.32 Å². The number of methoxy groups -OCH3 is 1. The van der Waals surface area contributed by atoms with Crippen LogP contribution in [-0.4, -0.2) is 34.1 Å². The van der Waals surface area contributed by atoms with E-state index in [1.807, 2.05) is 10.9 Å². The third-order valence-electron chi connectivity index (χ3n) is 5.92. The highest BCUT2D eigenvalue weighted by Gasteiger charge is 2.58. The lowest BCUT2D eigenvalue weighted by atomic mass is 10.0. The summed E-state index contributed by atoms with van der Waals surface area (Å²) < 4.78 is 7.07. The van der Waals surface area contributed by atoms with Crippen molar-refractivity contribution >= 4 is 5.91 Å². The molecule has 2 saturated carbocycles. The average molecular weight is 365 g/mol. The molecule has 4 rings (SSSR count). The van der Waals surface area contributed by atoms with Gasteiger partial charge in [0.05, 0.1) is 30.5 Å². The number of benzene rings is 1. The van der Waals surface area contributed by atoms with Crippen molar-refractivity contribution in [3.63, 3.8) is 0 Å². The van der Waals surface area contributed by atoms with E-state index in [9.17, 15) is 4.79 Å². The maximum absolute atomic E-state index is 12.4. The molecule has 2 fully saturated rings. The Labute approximate surface area is 158 Å². The summed E-state index contributed by atoms with van der Waals surface area (Å²) in [6.45, 7) is 2.58. The molecule has 3 atom stereocenters. The number of ether oxygens (including phenoxy) is 1. The minimum Gasteiger partial charge on any atom is -0.378 e. The number of hydrogen-bond acceptors (Lipinski definition) is 5. The summed E-state index contributed by atoms with van der Waals surface area (Å²) in [5.41, 5.74) is 2.01. The Morgan fingerprint density at radius 1 is 1.37 bits per heavy atom. The van der Waals surface area contributed by atoms with E-state index in [2.05, 4.69) is 28.6 Å². The summed E-state index contributed by atoms with van der Waals surface area (Å²) in [6, 6.07) is 9.35. The van der Waals surface area contributed by atoms with E-state index < -0.39 is 0 Å². The zero-order valence-electron chi connectivity index (χ0n) is 15.5. The first kappa shape index (κ1) is 17.7. The number of nitrogens with one attached hydrogen (secondary N) is 1. The van der Waals surface area contributed by atoms with Gasteiger partial charge in [0.25, 0.3) is 5.91 Å². The fourth-order valence-corrected chi connectivity index (χ4v) is 4.61. The Bertz CT molecular complexity index is 857. The molecule has 1 aromatic carbocycles. The minimum atomic E-state index is -0.0750. The van der Waals surface area contributed by atoms with E-state index in [0.29, 0.717) is 41.5 Å². The second kappa shape index (κ2) is 7.12. The van der Waals surface area contributed by atoms with Gasteiger partial charge in [-0.05, 0) is 61.8 Å². The highest BCUT2D eigenvalue weighted by molar-refractivity contribution is 5.94. The van der Waals surface area contributed by atoms with Gasteiger partial charge in [-0.25, -0.2) is 4.68 Å². The molecule has 1 aromatic heterocycles. The lowest BCUT2D eigenvalue weighted by molar-refractivity contribution is 0.0932. The average Bonchev–Trinajstić information content (AvgIpc) is 3.02. The molecule has 7 nitrogen and oxygen atoms in total. The number of fused-ring (bicyclic) bond motifs is 1. The second-order valence-electron chi connectivity index (χ2n) is 7.60. The number of carbonyl (C=O) groups excluding carboxylic acids is 1. The molecule has 0 bridgehead atoms. The van der Waals surface area contributed by atoms with Crippen LogP contribution in [0.5, 0.6) is 0 Å². The first-order chi connectivity index (χ1) is 13.1. The molecule has 2 aliphatic carbocycles. The highest BCUT2D eigenvalue weighted by Crippen LogP contribution is 2.62. The normalized spacial score (nSPS) is 26.9. The van der Waals surface area contributed by atoms with Gasteiger partial charge in [0.15, 0.2) is 0 Å². The SMILES string of the molecule is COCc1cn(C2CC3C(C2)C3C(C)NC(=O)c2ccc(C#N)cc2)nn1. The van der Waals surface area contributed by atoms with Crippen molar-refractivity contribution in [3.8, 4) is 6.07 Å².